The van der Waals surface area contributed by atoms with Gasteiger partial charge in [0.2, 0.25) is 0 Å². The molecule has 0 saturated heterocycles. The summed E-state index contributed by atoms with van der Waals surface area (Å²) in [5, 5.41) is 4.88. The van der Waals surface area contributed by atoms with Crippen LogP contribution in [0.3, 0.4) is 0 Å². The van der Waals surface area contributed by atoms with Crippen molar-refractivity contribution in [2.45, 2.75) is 70.4 Å². The molecule has 5 rings (SSSR count). The Bertz CT molecular complexity index is 1180. The molecule has 6 heteroatoms. The van der Waals surface area contributed by atoms with Crippen LogP contribution in [0.2, 0.25) is 5.02 Å². The van der Waals surface area contributed by atoms with E-state index in [0.717, 1.165) is 64.6 Å². The molecule has 0 spiro atoms. The van der Waals surface area contributed by atoms with Crippen molar-refractivity contribution in [1.82, 2.24) is 5.32 Å². The molecule has 1 fully saturated rings. The number of nitrogens with zero attached hydrogens (tertiary/aromatic N) is 1. The van der Waals surface area contributed by atoms with Crippen molar-refractivity contribution < 1.29 is 9.53 Å². The third-order valence-corrected chi connectivity index (χ3v) is 8.30. The van der Waals surface area contributed by atoms with Gasteiger partial charge < -0.3 is 10.1 Å². The maximum absolute atomic E-state index is 13.3. The third-order valence-electron chi connectivity index (χ3n) is 6.85. The minimum absolute atomic E-state index is 0.0643. The number of benzene rings is 2. The number of aliphatic imine (C=N–C) groups is 1. The summed E-state index contributed by atoms with van der Waals surface area (Å²) >= 11 is 7.63. The van der Waals surface area contributed by atoms with Gasteiger partial charge in [0.05, 0.1) is 5.56 Å². The molecule has 0 atom stereocenters. The fraction of sp³-hybridized carbons (Fsp3) is 0.379. The zero-order chi connectivity index (χ0) is 24.0. The number of carbonyl (C=O) groups excluding carboxylic acids is 1. The standard InChI is InChI=1S/C29H31ClN2O2S/c30-22-14-10-21(11-15-22)19-34-24-16-12-20(13-17-24)18-31-29-27(25-8-4-5-9-26(25)35-29)28(33)32-23-6-2-1-3-7-23/h10-18,23H,1-9,19H2,(H,32,33). The minimum atomic E-state index is 0.0643. The highest BCUT2D eigenvalue weighted by Crippen LogP contribution is 2.40. The molecule has 1 aromatic heterocycles. The van der Waals surface area contributed by atoms with Gasteiger partial charge in [-0.3, -0.25) is 4.79 Å². The summed E-state index contributed by atoms with van der Waals surface area (Å²) in [5.41, 5.74) is 4.09. The van der Waals surface area contributed by atoms with Gasteiger partial charge in [-0.15, -0.1) is 11.3 Å². The summed E-state index contributed by atoms with van der Waals surface area (Å²) in [6.07, 6.45) is 12.1. The Morgan fingerprint density at radius 3 is 2.51 bits per heavy atom. The number of carbonyl (C=O) groups is 1. The van der Waals surface area contributed by atoms with Crippen molar-refractivity contribution in [2.75, 3.05) is 0 Å². The average Bonchev–Trinajstić information content (AvgIpc) is 3.27. The van der Waals surface area contributed by atoms with Crippen molar-refractivity contribution >= 4 is 40.1 Å². The van der Waals surface area contributed by atoms with Crippen LogP contribution in [0.25, 0.3) is 0 Å². The van der Waals surface area contributed by atoms with Crippen LogP contribution in [0.15, 0.2) is 53.5 Å². The molecule has 1 amide bonds. The predicted molar refractivity (Wildman–Crippen MR) is 145 cm³/mol. The number of hydrogen-bond donors (Lipinski definition) is 1. The monoisotopic (exact) mass is 506 g/mol. The van der Waals surface area contributed by atoms with Gasteiger partial charge in [0, 0.05) is 22.2 Å². The summed E-state index contributed by atoms with van der Waals surface area (Å²) in [6.45, 7) is 0.491. The molecule has 0 radical (unpaired) electrons. The van der Waals surface area contributed by atoms with Crippen molar-refractivity contribution in [3.63, 3.8) is 0 Å². The molecule has 182 valence electrons. The number of rotatable bonds is 7. The highest BCUT2D eigenvalue weighted by molar-refractivity contribution is 7.16. The van der Waals surface area contributed by atoms with Crippen LogP contribution in [0.4, 0.5) is 5.00 Å². The van der Waals surface area contributed by atoms with E-state index in [1.54, 1.807) is 11.3 Å². The van der Waals surface area contributed by atoms with Gasteiger partial charge in [0.25, 0.3) is 5.91 Å². The summed E-state index contributed by atoms with van der Waals surface area (Å²) in [7, 11) is 0. The highest BCUT2D eigenvalue weighted by atomic mass is 35.5. The first-order chi connectivity index (χ1) is 17.2. The van der Waals surface area contributed by atoms with Gasteiger partial charge in [-0.2, -0.15) is 0 Å². The molecular formula is C29H31ClN2O2S. The zero-order valence-corrected chi connectivity index (χ0v) is 21.5. The van der Waals surface area contributed by atoms with Gasteiger partial charge in [-0.25, -0.2) is 4.99 Å². The number of amides is 1. The second-order valence-corrected chi connectivity index (χ2v) is 11.0. The van der Waals surface area contributed by atoms with E-state index >= 15 is 0 Å². The molecule has 0 bridgehead atoms. The van der Waals surface area contributed by atoms with E-state index in [1.807, 2.05) is 54.7 Å². The fourth-order valence-corrected chi connectivity index (χ4v) is 6.27. The number of hydrogen-bond acceptors (Lipinski definition) is 4. The molecule has 2 aliphatic rings. The third kappa shape index (κ3) is 6.14. The molecule has 35 heavy (non-hydrogen) atoms. The Balaban J connectivity index is 1.28. The predicted octanol–water partition coefficient (Wildman–Crippen LogP) is 7.67. The van der Waals surface area contributed by atoms with E-state index in [-0.39, 0.29) is 5.91 Å². The average molecular weight is 507 g/mol. The molecule has 1 heterocycles. The van der Waals surface area contributed by atoms with E-state index in [4.69, 9.17) is 21.3 Å². The lowest BCUT2D eigenvalue weighted by Gasteiger charge is -2.23. The molecule has 1 saturated carbocycles. The number of halogens is 1. The van der Waals surface area contributed by atoms with E-state index in [0.29, 0.717) is 12.6 Å². The molecule has 3 aromatic rings. The van der Waals surface area contributed by atoms with E-state index < -0.39 is 0 Å². The molecule has 2 aromatic carbocycles. The lowest BCUT2D eigenvalue weighted by Crippen LogP contribution is -2.36. The smallest absolute Gasteiger partial charge is 0.254 e. The number of aryl methyl sites for hydroxylation is 1. The van der Waals surface area contributed by atoms with Crippen LogP contribution >= 0.6 is 22.9 Å². The number of thiophene rings is 1. The van der Waals surface area contributed by atoms with Crippen LogP contribution in [0.1, 0.15) is 76.9 Å². The van der Waals surface area contributed by atoms with E-state index in [9.17, 15) is 4.79 Å². The van der Waals surface area contributed by atoms with Crippen molar-refractivity contribution in [3.8, 4) is 5.75 Å². The van der Waals surface area contributed by atoms with Crippen LogP contribution in [0, 0.1) is 0 Å². The molecule has 2 aliphatic carbocycles. The molecular weight excluding hydrogens is 476 g/mol. The molecule has 0 aliphatic heterocycles. The van der Waals surface area contributed by atoms with E-state index in [1.165, 1.54) is 36.1 Å². The fourth-order valence-electron chi connectivity index (χ4n) is 4.91. The van der Waals surface area contributed by atoms with Gasteiger partial charge in [-0.1, -0.05) is 43.0 Å². The Hall–Kier alpha value is -2.63. The van der Waals surface area contributed by atoms with Crippen LogP contribution in [-0.4, -0.2) is 18.2 Å². The Morgan fingerprint density at radius 2 is 1.74 bits per heavy atom. The summed E-state index contributed by atoms with van der Waals surface area (Å²) in [4.78, 5) is 19.5. The maximum Gasteiger partial charge on any atom is 0.254 e. The maximum atomic E-state index is 13.3. The molecule has 1 N–H and O–H groups in total. The number of ether oxygens (including phenoxy) is 1. The van der Waals surface area contributed by atoms with Crippen molar-refractivity contribution in [2.24, 2.45) is 4.99 Å². The van der Waals surface area contributed by atoms with Crippen LogP contribution in [-0.2, 0) is 19.4 Å². The van der Waals surface area contributed by atoms with Gasteiger partial charge in [0.15, 0.2) is 0 Å². The first kappa shape index (κ1) is 24.1. The largest absolute Gasteiger partial charge is 0.489 e. The lowest BCUT2D eigenvalue weighted by atomic mass is 9.93. The normalized spacial score (nSPS) is 16.3. The number of fused-ring (bicyclic) bond motifs is 1. The highest BCUT2D eigenvalue weighted by Gasteiger charge is 2.27. The zero-order valence-electron chi connectivity index (χ0n) is 19.9. The van der Waals surface area contributed by atoms with Crippen molar-refractivity contribution in [1.29, 1.82) is 0 Å². The van der Waals surface area contributed by atoms with Gasteiger partial charge in [0.1, 0.15) is 17.4 Å². The summed E-state index contributed by atoms with van der Waals surface area (Å²) in [6, 6.07) is 15.9. The number of nitrogens with one attached hydrogen (secondary N) is 1. The molecule has 4 nitrogen and oxygen atoms in total. The second kappa shape index (κ2) is 11.4. The second-order valence-electron chi connectivity index (χ2n) is 9.44. The summed E-state index contributed by atoms with van der Waals surface area (Å²) in [5.74, 6) is 0.866. The first-order valence-corrected chi connectivity index (χ1v) is 13.8. The van der Waals surface area contributed by atoms with E-state index in [2.05, 4.69) is 5.32 Å². The van der Waals surface area contributed by atoms with Crippen LogP contribution in [0.5, 0.6) is 5.75 Å². The Kier molecular flexibility index (Phi) is 7.85. The topological polar surface area (TPSA) is 50.7 Å². The Labute approximate surface area is 216 Å². The Morgan fingerprint density at radius 1 is 1.00 bits per heavy atom. The summed E-state index contributed by atoms with van der Waals surface area (Å²) < 4.78 is 5.89. The van der Waals surface area contributed by atoms with Gasteiger partial charge in [-0.05, 0) is 91.6 Å². The minimum Gasteiger partial charge on any atom is -0.489 e. The quantitative estimate of drug-likeness (QED) is 0.334. The first-order valence-electron chi connectivity index (χ1n) is 12.6. The lowest BCUT2D eigenvalue weighted by molar-refractivity contribution is 0.0927. The van der Waals surface area contributed by atoms with Crippen LogP contribution < -0.4 is 10.1 Å². The van der Waals surface area contributed by atoms with Gasteiger partial charge >= 0.3 is 0 Å². The van der Waals surface area contributed by atoms with Crippen molar-refractivity contribution in [3.05, 3.63) is 80.7 Å². The SMILES string of the molecule is O=C(NC1CCCCC1)c1c(N=Cc2ccc(OCc3ccc(Cl)cc3)cc2)sc2c1CCCC2. The molecule has 0 unspecified atom stereocenters.